The predicted molar refractivity (Wildman–Crippen MR) is 169 cm³/mol. The fraction of sp³-hybridized carbons (Fsp3) is 0.800. The summed E-state index contributed by atoms with van der Waals surface area (Å²) in [5.41, 5.74) is 0.634. The fourth-order valence-corrected chi connectivity index (χ4v) is 5.43. The molecule has 0 aliphatic carbocycles. The van der Waals surface area contributed by atoms with Crippen molar-refractivity contribution in [2.75, 3.05) is 20.8 Å². The van der Waals surface area contributed by atoms with Crippen LogP contribution in [0.1, 0.15) is 160 Å². The highest BCUT2D eigenvalue weighted by Gasteiger charge is 2.23. The molecule has 6 nitrogen and oxygen atoms in total. The molecule has 1 aromatic carbocycles. The summed E-state index contributed by atoms with van der Waals surface area (Å²) in [5, 5.41) is 20.3. The lowest BCUT2D eigenvalue weighted by Crippen LogP contribution is -2.27. The van der Waals surface area contributed by atoms with Gasteiger partial charge in [-0.2, -0.15) is 0 Å². The Bertz CT molecular complexity index is 752. The molecule has 0 heterocycles. The number of hydrogen-bond donors (Lipinski definition) is 2. The van der Waals surface area contributed by atoms with E-state index >= 15 is 0 Å². The second-order valence-corrected chi connectivity index (χ2v) is 11.7. The van der Waals surface area contributed by atoms with Crippen molar-refractivity contribution >= 4 is 5.97 Å². The Labute approximate surface area is 251 Å². The number of phenolic OH excluding ortho intramolecular Hbond substituents is 1. The lowest BCUT2D eigenvalue weighted by molar-refractivity contribution is -0.150. The number of aliphatic hydroxyl groups excluding tert-OH is 1. The fourth-order valence-electron chi connectivity index (χ4n) is 5.43. The van der Waals surface area contributed by atoms with E-state index in [0.717, 1.165) is 19.3 Å². The van der Waals surface area contributed by atoms with E-state index in [1.165, 1.54) is 136 Å². The topological polar surface area (TPSA) is 85.2 Å². The minimum absolute atomic E-state index is 0.0112. The Balaban J connectivity index is 1.91. The zero-order valence-corrected chi connectivity index (χ0v) is 26.7. The Morgan fingerprint density at radius 3 is 1.56 bits per heavy atom. The molecule has 2 unspecified atom stereocenters. The Morgan fingerprint density at radius 2 is 1.15 bits per heavy atom. The molecule has 2 atom stereocenters. The first-order valence-electron chi connectivity index (χ1n) is 16.8. The summed E-state index contributed by atoms with van der Waals surface area (Å²) in [4.78, 5) is 12.1. The number of carbonyl (C=O) groups is 1. The van der Waals surface area contributed by atoms with E-state index in [4.69, 9.17) is 14.2 Å². The van der Waals surface area contributed by atoms with Crippen molar-refractivity contribution in [3.05, 3.63) is 23.8 Å². The van der Waals surface area contributed by atoms with Gasteiger partial charge in [-0.15, -0.1) is 0 Å². The van der Waals surface area contributed by atoms with Crippen molar-refractivity contribution in [2.45, 2.75) is 160 Å². The highest BCUT2D eigenvalue weighted by molar-refractivity contribution is 5.69. The van der Waals surface area contributed by atoms with Crippen LogP contribution in [0.3, 0.4) is 0 Å². The van der Waals surface area contributed by atoms with Gasteiger partial charge in [-0.25, -0.2) is 0 Å². The van der Waals surface area contributed by atoms with Gasteiger partial charge < -0.3 is 24.4 Å². The van der Waals surface area contributed by atoms with Crippen molar-refractivity contribution in [1.29, 1.82) is 0 Å². The van der Waals surface area contributed by atoms with Crippen molar-refractivity contribution in [3.63, 3.8) is 0 Å². The Morgan fingerprint density at radius 1 is 0.707 bits per heavy atom. The number of rotatable bonds is 28. The molecule has 0 amide bonds. The van der Waals surface area contributed by atoms with Crippen LogP contribution in [0, 0.1) is 0 Å². The average molecular weight is 579 g/mol. The molecule has 41 heavy (non-hydrogen) atoms. The predicted octanol–water partition coefficient (Wildman–Crippen LogP) is 9.59. The van der Waals surface area contributed by atoms with Gasteiger partial charge in [0.2, 0.25) is 0 Å². The third kappa shape index (κ3) is 19.1. The molecule has 0 saturated heterocycles. The zero-order chi connectivity index (χ0) is 30.0. The largest absolute Gasteiger partial charge is 0.504 e. The molecule has 2 N–H and O–H groups in total. The lowest BCUT2D eigenvalue weighted by Gasteiger charge is -2.22. The Kier molecular flexibility index (Phi) is 23.5. The number of esters is 1. The maximum absolute atomic E-state index is 12.1. The van der Waals surface area contributed by atoms with Gasteiger partial charge in [-0.3, -0.25) is 4.79 Å². The second kappa shape index (κ2) is 25.9. The molecule has 6 heteroatoms. The zero-order valence-electron chi connectivity index (χ0n) is 26.7. The quantitative estimate of drug-likeness (QED) is 0.0760. The third-order valence-electron chi connectivity index (χ3n) is 8.04. The first-order valence-corrected chi connectivity index (χ1v) is 16.8. The number of aliphatic hydroxyl groups is 1. The van der Waals surface area contributed by atoms with Gasteiger partial charge in [0.05, 0.1) is 7.11 Å². The maximum Gasteiger partial charge on any atom is 0.305 e. The van der Waals surface area contributed by atoms with Crippen LogP contribution in [0.15, 0.2) is 18.2 Å². The molecule has 1 aromatic rings. The second-order valence-electron chi connectivity index (χ2n) is 11.7. The van der Waals surface area contributed by atoms with Gasteiger partial charge in [0.25, 0.3) is 0 Å². The summed E-state index contributed by atoms with van der Waals surface area (Å²) in [6.07, 6.45) is 26.7. The number of aromatic hydroxyl groups is 1. The van der Waals surface area contributed by atoms with E-state index in [1.807, 2.05) is 0 Å². The molecule has 0 bridgehead atoms. The van der Waals surface area contributed by atoms with E-state index in [-0.39, 0.29) is 18.3 Å². The normalized spacial score (nSPS) is 12.8. The van der Waals surface area contributed by atoms with Gasteiger partial charge in [0.1, 0.15) is 18.8 Å². The number of unbranched alkanes of at least 4 members (excludes halogenated alkanes) is 20. The first kappa shape index (κ1) is 37.2. The Hall–Kier alpha value is -1.79. The molecule has 0 radical (unpaired) electrons. The molecule has 0 spiro atoms. The highest BCUT2D eigenvalue weighted by Crippen LogP contribution is 2.31. The maximum atomic E-state index is 12.1. The minimum Gasteiger partial charge on any atom is -0.504 e. The van der Waals surface area contributed by atoms with Crippen LogP contribution < -0.4 is 4.74 Å². The molecule has 0 aromatic heterocycles. The first-order chi connectivity index (χ1) is 20.0. The van der Waals surface area contributed by atoms with E-state index in [0.29, 0.717) is 17.7 Å². The number of ether oxygens (including phenoxy) is 3. The molecular formula is C35H62O6. The number of benzene rings is 1. The van der Waals surface area contributed by atoms with E-state index in [1.54, 1.807) is 12.1 Å². The summed E-state index contributed by atoms with van der Waals surface area (Å²) < 4.78 is 15.8. The van der Waals surface area contributed by atoms with Gasteiger partial charge in [-0.05, 0) is 24.1 Å². The average Bonchev–Trinajstić information content (AvgIpc) is 2.98. The van der Waals surface area contributed by atoms with E-state index in [9.17, 15) is 15.0 Å². The van der Waals surface area contributed by atoms with Gasteiger partial charge in [0, 0.05) is 13.5 Å². The molecule has 0 fully saturated rings. The summed E-state index contributed by atoms with van der Waals surface area (Å²) in [7, 11) is 2.94. The smallest absolute Gasteiger partial charge is 0.305 e. The van der Waals surface area contributed by atoms with Crippen molar-refractivity contribution < 1.29 is 29.2 Å². The molecule has 0 saturated carbocycles. The number of phenols is 1. The summed E-state index contributed by atoms with van der Waals surface area (Å²) in [5.74, 6) is 0.0144. The summed E-state index contributed by atoms with van der Waals surface area (Å²) in [6, 6.07) is 4.74. The van der Waals surface area contributed by atoms with Crippen LogP contribution in [-0.4, -0.2) is 43.1 Å². The van der Waals surface area contributed by atoms with Crippen LogP contribution in [0.5, 0.6) is 11.5 Å². The van der Waals surface area contributed by atoms with Crippen LogP contribution in [0.2, 0.25) is 0 Å². The molecule has 238 valence electrons. The number of carbonyl (C=O) groups excluding carboxylic acids is 1. The molecular weight excluding hydrogens is 516 g/mol. The molecule has 0 aliphatic rings. The third-order valence-corrected chi connectivity index (χ3v) is 8.04. The highest BCUT2D eigenvalue weighted by atomic mass is 16.5. The van der Waals surface area contributed by atoms with Gasteiger partial charge >= 0.3 is 5.97 Å². The van der Waals surface area contributed by atoms with Crippen LogP contribution in [-0.2, 0) is 14.3 Å². The van der Waals surface area contributed by atoms with Crippen LogP contribution in [0.4, 0.5) is 0 Å². The van der Waals surface area contributed by atoms with Crippen molar-refractivity contribution in [3.8, 4) is 11.5 Å². The SMILES string of the molecule is CCCCCCCCCCCCCCCCCCCCCCCC(=O)OCC(O)C(OC)c1ccc(O)c(OC)c1. The number of methoxy groups -OCH3 is 2. The lowest BCUT2D eigenvalue weighted by atomic mass is 10.0. The van der Waals surface area contributed by atoms with Gasteiger partial charge in [0.15, 0.2) is 11.5 Å². The van der Waals surface area contributed by atoms with Crippen molar-refractivity contribution in [2.24, 2.45) is 0 Å². The van der Waals surface area contributed by atoms with E-state index in [2.05, 4.69) is 6.92 Å². The standard InChI is InChI=1S/C35H62O6/c1-4-5-6-7-8-9-10-11-12-13-14-15-16-17-18-19-20-21-22-23-24-25-34(38)41-29-32(37)35(40-3)30-26-27-31(36)33(28-30)39-2/h26-28,32,35-37H,4-25,29H2,1-3H3. The minimum atomic E-state index is -1.02. The number of hydrogen-bond acceptors (Lipinski definition) is 6. The summed E-state index contributed by atoms with van der Waals surface area (Å²) in [6.45, 7) is 2.14. The monoisotopic (exact) mass is 578 g/mol. The van der Waals surface area contributed by atoms with Crippen LogP contribution >= 0.6 is 0 Å². The summed E-state index contributed by atoms with van der Waals surface area (Å²) >= 11 is 0. The van der Waals surface area contributed by atoms with E-state index < -0.39 is 12.2 Å². The molecule has 0 aliphatic heterocycles. The molecule has 1 rings (SSSR count). The van der Waals surface area contributed by atoms with Crippen LogP contribution in [0.25, 0.3) is 0 Å². The van der Waals surface area contributed by atoms with Gasteiger partial charge in [-0.1, -0.05) is 141 Å². The van der Waals surface area contributed by atoms with Crippen molar-refractivity contribution in [1.82, 2.24) is 0 Å².